The van der Waals surface area contributed by atoms with E-state index >= 15 is 0 Å². The monoisotopic (exact) mass is 170 g/mol. The van der Waals surface area contributed by atoms with Crippen LogP contribution < -0.4 is 0 Å². The van der Waals surface area contributed by atoms with Gasteiger partial charge >= 0.3 is 11.9 Å². The highest BCUT2D eigenvalue weighted by Crippen LogP contribution is 2.01. The van der Waals surface area contributed by atoms with E-state index in [0.29, 0.717) is 19.4 Å². The molecule has 0 amide bonds. The van der Waals surface area contributed by atoms with E-state index in [2.05, 4.69) is 9.47 Å². The van der Waals surface area contributed by atoms with Crippen molar-refractivity contribution in [2.75, 3.05) is 6.61 Å². The molecule has 1 saturated heterocycles. The van der Waals surface area contributed by atoms with E-state index in [4.69, 9.17) is 0 Å². The maximum Gasteiger partial charge on any atom is 0.314 e. The lowest BCUT2D eigenvalue weighted by Crippen LogP contribution is -1.88. The number of esters is 2. The van der Waals surface area contributed by atoms with E-state index in [0.717, 1.165) is 6.42 Å². The fourth-order valence-corrected chi connectivity index (χ4v) is 0.791. The zero-order valence-electron chi connectivity index (χ0n) is 6.62. The first-order chi connectivity index (χ1) is 5.79. The Bertz CT molecular complexity index is 187. The number of rotatable bonds is 0. The molecule has 0 spiro atoms. The molecule has 0 bridgehead atoms. The van der Waals surface area contributed by atoms with Crippen LogP contribution in [-0.2, 0) is 19.1 Å². The average Bonchev–Trinajstić information content (AvgIpc) is 2.63. The molecule has 12 heavy (non-hydrogen) atoms. The SMILES string of the molecule is O=C1CC=CO1.O=C1CCCO1. The van der Waals surface area contributed by atoms with Crippen molar-refractivity contribution in [3.8, 4) is 0 Å². The predicted octanol–water partition coefficient (Wildman–Crippen LogP) is 0.770. The van der Waals surface area contributed by atoms with Gasteiger partial charge in [-0.2, -0.15) is 0 Å². The summed E-state index contributed by atoms with van der Waals surface area (Å²) in [6.45, 7) is 0.638. The topological polar surface area (TPSA) is 52.6 Å². The molecule has 0 saturated carbocycles. The number of hydrogen-bond acceptors (Lipinski definition) is 4. The molecule has 0 unspecified atom stereocenters. The van der Waals surface area contributed by atoms with Crippen LogP contribution in [0, 0.1) is 0 Å². The smallest absolute Gasteiger partial charge is 0.314 e. The van der Waals surface area contributed by atoms with E-state index in [9.17, 15) is 9.59 Å². The van der Waals surface area contributed by atoms with Crippen molar-refractivity contribution in [2.24, 2.45) is 0 Å². The summed E-state index contributed by atoms with van der Waals surface area (Å²) in [5.41, 5.74) is 0. The van der Waals surface area contributed by atoms with Crippen molar-refractivity contribution in [3.63, 3.8) is 0 Å². The van der Waals surface area contributed by atoms with Crippen molar-refractivity contribution in [3.05, 3.63) is 12.3 Å². The van der Waals surface area contributed by atoms with Gasteiger partial charge in [-0.1, -0.05) is 0 Å². The van der Waals surface area contributed by atoms with Crippen molar-refractivity contribution in [1.82, 2.24) is 0 Å². The van der Waals surface area contributed by atoms with Crippen LogP contribution in [0.25, 0.3) is 0 Å². The van der Waals surface area contributed by atoms with Gasteiger partial charge in [0.2, 0.25) is 0 Å². The van der Waals surface area contributed by atoms with Crippen LogP contribution in [0.1, 0.15) is 19.3 Å². The normalized spacial score (nSPS) is 19.7. The quantitative estimate of drug-likeness (QED) is 0.504. The van der Waals surface area contributed by atoms with Gasteiger partial charge in [-0.25, -0.2) is 0 Å². The lowest BCUT2D eigenvalue weighted by molar-refractivity contribution is -0.138. The van der Waals surface area contributed by atoms with Crippen LogP contribution in [0.15, 0.2) is 12.3 Å². The largest absolute Gasteiger partial charge is 0.466 e. The van der Waals surface area contributed by atoms with Crippen molar-refractivity contribution < 1.29 is 19.1 Å². The molecule has 2 rings (SSSR count). The maximum absolute atomic E-state index is 10.0. The summed E-state index contributed by atoms with van der Waals surface area (Å²) in [5.74, 6) is -0.204. The standard InChI is InChI=1S/C4H6O2.C4H4O2/c2*5-4-2-1-3-6-4/h1-3H2;1,3H,2H2. The minimum atomic E-state index is -0.157. The van der Waals surface area contributed by atoms with Crippen LogP contribution in [0.4, 0.5) is 0 Å². The highest BCUT2D eigenvalue weighted by Gasteiger charge is 2.08. The molecule has 2 aliphatic rings. The molecule has 1 fully saturated rings. The fourth-order valence-electron chi connectivity index (χ4n) is 0.791. The van der Waals surface area contributed by atoms with E-state index in [1.807, 2.05) is 0 Å². The number of carbonyl (C=O) groups is 2. The second-order valence-corrected chi connectivity index (χ2v) is 2.39. The molecule has 0 aliphatic carbocycles. The molecule has 2 heterocycles. The fraction of sp³-hybridized carbons (Fsp3) is 0.500. The molecule has 2 aliphatic heterocycles. The zero-order chi connectivity index (χ0) is 8.81. The van der Waals surface area contributed by atoms with Gasteiger partial charge in [-0.3, -0.25) is 9.59 Å². The third-order valence-corrected chi connectivity index (χ3v) is 1.37. The second kappa shape index (κ2) is 4.54. The summed E-state index contributed by atoms with van der Waals surface area (Å²) in [7, 11) is 0. The van der Waals surface area contributed by atoms with Crippen molar-refractivity contribution in [2.45, 2.75) is 19.3 Å². The van der Waals surface area contributed by atoms with Gasteiger partial charge < -0.3 is 9.47 Å². The molecule has 4 nitrogen and oxygen atoms in total. The third kappa shape index (κ3) is 3.18. The minimum Gasteiger partial charge on any atom is -0.466 e. The van der Waals surface area contributed by atoms with Crippen LogP contribution in [0.3, 0.4) is 0 Å². The summed E-state index contributed by atoms with van der Waals surface area (Å²) in [6, 6.07) is 0. The van der Waals surface area contributed by atoms with Crippen molar-refractivity contribution in [1.29, 1.82) is 0 Å². The number of hydrogen-bond donors (Lipinski definition) is 0. The first kappa shape index (κ1) is 8.77. The Hall–Kier alpha value is -1.32. The first-order valence-electron chi connectivity index (χ1n) is 3.79. The third-order valence-electron chi connectivity index (χ3n) is 1.37. The van der Waals surface area contributed by atoms with Gasteiger partial charge in [0.1, 0.15) is 0 Å². The molecule has 0 N–H and O–H groups in total. The summed E-state index contributed by atoms with van der Waals surface area (Å²) in [5, 5.41) is 0. The van der Waals surface area contributed by atoms with Gasteiger partial charge in [0.15, 0.2) is 0 Å². The Morgan fingerprint density at radius 2 is 2.08 bits per heavy atom. The maximum atomic E-state index is 10.0. The van der Waals surface area contributed by atoms with Crippen LogP contribution in [0.5, 0.6) is 0 Å². The Kier molecular flexibility index (Phi) is 3.32. The molecule has 0 radical (unpaired) electrons. The van der Waals surface area contributed by atoms with Gasteiger partial charge in [-0.05, 0) is 12.5 Å². The molecular weight excluding hydrogens is 160 g/mol. The number of ether oxygens (including phenoxy) is 2. The predicted molar refractivity (Wildman–Crippen MR) is 40.0 cm³/mol. The van der Waals surface area contributed by atoms with Gasteiger partial charge in [-0.15, -0.1) is 0 Å². The van der Waals surface area contributed by atoms with Gasteiger partial charge in [0.25, 0.3) is 0 Å². The Morgan fingerprint density at radius 3 is 2.25 bits per heavy atom. The summed E-state index contributed by atoms with van der Waals surface area (Å²) in [4.78, 5) is 20.0. The Balaban J connectivity index is 0.000000120. The number of carbonyl (C=O) groups excluding carboxylic acids is 2. The lowest BCUT2D eigenvalue weighted by Gasteiger charge is -1.81. The van der Waals surface area contributed by atoms with E-state index < -0.39 is 0 Å². The lowest BCUT2D eigenvalue weighted by atomic mass is 10.4. The van der Waals surface area contributed by atoms with E-state index in [1.165, 1.54) is 6.26 Å². The molecule has 0 aromatic rings. The molecular formula is C8H10O4. The first-order valence-corrected chi connectivity index (χ1v) is 3.79. The minimum absolute atomic E-state index is 0.0463. The van der Waals surface area contributed by atoms with Crippen LogP contribution in [0.2, 0.25) is 0 Å². The Labute approximate surface area is 70.1 Å². The van der Waals surface area contributed by atoms with Crippen molar-refractivity contribution >= 4 is 11.9 Å². The highest BCUT2D eigenvalue weighted by molar-refractivity contribution is 5.73. The van der Waals surface area contributed by atoms with Gasteiger partial charge in [0, 0.05) is 6.42 Å². The molecule has 0 aromatic heterocycles. The Morgan fingerprint density at radius 1 is 1.25 bits per heavy atom. The average molecular weight is 170 g/mol. The van der Waals surface area contributed by atoms with Crippen LogP contribution in [-0.4, -0.2) is 18.5 Å². The van der Waals surface area contributed by atoms with E-state index in [-0.39, 0.29) is 11.9 Å². The molecule has 66 valence electrons. The highest BCUT2D eigenvalue weighted by atomic mass is 16.5. The molecule has 4 heteroatoms. The molecule has 0 atom stereocenters. The zero-order valence-corrected chi connectivity index (χ0v) is 6.62. The number of cyclic esters (lactones) is 2. The van der Waals surface area contributed by atoms with Crippen LogP contribution >= 0.6 is 0 Å². The summed E-state index contributed by atoms with van der Waals surface area (Å²) >= 11 is 0. The summed E-state index contributed by atoms with van der Waals surface area (Å²) < 4.78 is 8.85. The summed E-state index contributed by atoms with van der Waals surface area (Å²) in [6.07, 6.45) is 5.07. The molecule has 0 aromatic carbocycles. The van der Waals surface area contributed by atoms with E-state index in [1.54, 1.807) is 6.08 Å². The van der Waals surface area contributed by atoms with Gasteiger partial charge in [0.05, 0.1) is 19.3 Å². The second-order valence-electron chi connectivity index (χ2n) is 2.39.